The van der Waals surface area contributed by atoms with Crippen LogP contribution in [0.2, 0.25) is 0 Å². The first-order chi connectivity index (χ1) is 13.1. The van der Waals surface area contributed by atoms with Crippen molar-refractivity contribution >= 4 is 17.3 Å². The van der Waals surface area contributed by atoms with Crippen LogP contribution in [-0.2, 0) is 9.68 Å². The van der Waals surface area contributed by atoms with E-state index in [0.717, 1.165) is 12.8 Å². The first-order valence-corrected chi connectivity index (χ1v) is 10.7. The molecule has 1 aromatic rings. The Morgan fingerprint density at radius 2 is 1.33 bits per heavy atom. The van der Waals surface area contributed by atoms with Gasteiger partial charge < -0.3 is 11.5 Å². The third-order valence-corrected chi connectivity index (χ3v) is 4.74. The van der Waals surface area contributed by atoms with Crippen molar-refractivity contribution in [2.45, 2.75) is 96.8 Å². The predicted octanol–water partition coefficient (Wildman–Crippen LogP) is 6.17. The number of nitrogens with two attached hydrogens (primary N) is 2. The molecule has 0 bridgehead atoms. The molecule has 0 saturated carbocycles. The molecule has 154 valence electrons. The number of benzene rings is 1. The second-order valence-corrected chi connectivity index (χ2v) is 7.33. The highest BCUT2D eigenvalue weighted by atomic mass is 17.2. The minimum Gasteiger partial charge on any atom is -0.399 e. The number of hydrogen-bond donors (Lipinski definition) is 2. The van der Waals surface area contributed by atoms with E-state index in [1.54, 1.807) is 18.2 Å². The van der Waals surface area contributed by atoms with Crippen LogP contribution >= 0.6 is 0 Å². The van der Waals surface area contributed by atoms with Gasteiger partial charge in [0.25, 0.3) is 0 Å². The molecule has 5 heteroatoms. The lowest BCUT2D eigenvalue weighted by Gasteiger charge is -2.07. The van der Waals surface area contributed by atoms with E-state index < -0.39 is 0 Å². The fraction of sp³-hybridized carbons (Fsp3) is 0.682. The molecular formula is C22H38N2O3. The number of unbranched alkanes of at least 4 members (excludes halogenated alkanes) is 12. The molecule has 0 spiro atoms. The van der Waals surface area contributed by atoms with Crippen molar-refractivity contribution in [1.29, 1.82) is 0 Å². The first-order valence-electron chi connectivity index (χ1n) is 10.7. The third kappa shape index (κ3) is 12.2. The molecule has 5 nitrogen and oxygen atoms in total. The van der Waals surface area contributed by atoms with Crippen LogP contribution in [0.1, 0.15) is 96.8 Å². The first kappa shape index (κ1) is 23.1. The van der Waals surface area contributed by atoms with E-state index in [2.05, 4.69) is 6.92 Å². The zero-order chi connectivity index (χ0) is 19.7. The molecule has 0 aliphatic heterocycles. The molecule has 0 atom stereocenters. The highest BCUT2D eigenvalue weighted by molar-refractivity contribution is 5.69. The Labute approximate surface area is 164 Å². The molecule has 0 unspecified atom stereocenters. The molecule has 0 fully saturated rings. The number of anilines is 2. The van der Waals surface area contributed by atoms with E-state index in [9.17, 15) is 4.79 Å². The molecular weight excluding hydrogens is 340 g/mol. The monoisotopic (exact) mass is 378 g/mol. The van der Waals surface area contributed by atoms with Gasteiger partial charge in [-0.1, -0.05) is 84.0 Å². The van der Waals surface area contributed by atoms with Gasteiger partial charge in [0.1, 0.15) is 0 Å². The van der Waals surface area contributed by atoms with Gasteiger partial charge in [0.2, 0.25) is 5.75 Å². The lowest BCUT2D eigenvalue weighted by Crippen LogP contribution is -2.08. The van der Waals surface area contributed by atoms with Crippen LogP contribution in [0.15, 0.2) is 18.2 Å². The van der Waals surface area contributed by atoms with E-state index in [1.165, 1.54) is 70.6 Å². The van der Waals surface area contributed by atoms with Gasteiger partial charge in [-0.15, -0.1) is 0 Å². The maximum Gasteiger partial charge on any atom is 0.355 e. The van der Waals surface area contributed by atoms with Crippen LogP contribution in [0.4, 0.5) is 11.4 Å². The van der Waals surface area contributed by atoms with Crippen molar-refractivity contribution in [1.82, 2.24) is 0 Å². The lowest BCUT2D eigenvalue weighted by atomic mass is 10.0. The summed E-state index contributed by atoms with van der Waals surface area (Å²) in [6.45, 7) is 2.26. The fourth-order valence-electron chi connectivity index (χ4n) is 3.06. The summed E-state index contributed by atoms with van der Waals surface area (Å²) >= 11 is 0. The van der Waals surface area contributed by atoms with E-state index >= 15 is 0 Å². The largest absolute Gasteiger partial charge is 0.399 e. The highest BCUT2D eigenvalue weighted by Gasteiger charge is 2.07. The van der Waals surface area contributed by atoms with Gasteiger partial charge >= 0.3 is 5.97 Å². The van der Waals surface area contributed by atoms with Gasteiger partial charge in [-0.3, -0.25) is 9.78 Å². The fourth-order valence-corrected chi connectivity index (χ4v) is 3.06. The Hall–Kier alpha value is -1.91. The van der Waals surface area contributed by atoms with Gasteiger partial charge in [-0.2, -0.15) is 0 Å². The Bertz CT molecular complexity index is 520. The maximum atomic E-state index is 11.7. The molecule has 0 heterocycles. The van der Waals surface area contributed by atoms with Gasteiger partial charge in [-0.25, -0.2) is 4.79 Å². The Morgan fingerprint density at radius 1 is 0.815 bits per heavy atom. The number of carbonyl (C=O) groups is 1. The second-order valence-electron chi connectivity index (χ2n) is 7.33. The Morgan fingerprint density at radius 3 is 1.85 bits per heavy atom. The minimum atomic E-state index is -0.366. The minimum absolute atomic E-state index is 0.308. The Balaban J connectivity index is 1.89. The molecule has 1 aromatic carbocycles. The third-order valence-electron chi connectivity index (χ3n) is 4.74. The Kier molecular flexibility index (Phi) is 13.0. The molecule has 0 saturated heterocycles. The second kappa shape index (κ2) is 15.2. The van der Waals surface area contributed by atoms with Crippen molar-refractivity contribution < 1.29 is 14.6 Å². The summed E-state index contributed by atoms with van der Waals surface area (Å²) in [6.07, 6.45) is 17.0. The zero-order valence-corrected chi connectivity index (χ0v) is 17.0. The lowest BCUT2D eigenvalue weighted by molar-refractivity contribution is -0.213. The van der Waals surface area contributed by atoms with Crippen molar-refractivity contribution in [3.8, 4) is 5.75 Å². The van der Waals surface area contributed by atoms with Crippen LogP contribution in [0.25, 0.3) is 0 Å². The summed E-state index contributed by atoms with van der Waals surface area (Å²) in [6, 6.07) is 4.80. The zero-order valence-electron chi connectivity index (χ0n) is 17.0. The number of hydrogen-bond acceptors (Lipinski definition) is 5. The van der Waals surface area contributed by atoms with Crippen molar-refractivity contribution in [2.24, 2.45) is 0 Å². The standard InChI is InChI=1S/C22H38N2O3/c1-2-3-4-5-6-7-8-9-10-11-12-13-14-15-22(25)27-26-21-17-16-19(23)18-20(21)24/h16-18H,2-15,23-24H2,1H3. The van der Waals surface area contributed by atoms with Crippen LogP contribution < -0.4 is 16.4 Å². The van der Waals surface area contributed by atoms with Crippen LogP contribution in [0.3, 0.4) is 0 Å². The molecule has 0 aliphatic carbocycles. The average Bonchev–Trinajstić information content (AvgIpc) is 2.65. The summed E-state index contributed by atoms with van der Waals surface area (Å²) < 4.78 is 0. The van der Waals surface area contributed by atoms with Crippen LogP contribution in [0.5, 0.6) is 5.75 Å². The molecule has 27 heavy (non-hydrogen) atoms. The van der Waals surface area contributed by atoms with Crippen LogP contribution in [-0.4, -0.2) is 5.97 Å². The molecule has 0 aliphatic rings. The smallest absolute Gasteiger partial charge is 0.355 e. The van der Waals surface area contributed by atoms with E-state index in [1.807, 2.05) is 0 Å². The molecule has 0 amide bonds. The summed E-state index contributed by atoms with van der Waals surface area (Å²) in [5, 5.41) is 0. The number of rotatable bonds is 16. The van der Waals surface area contributed by atoms with E-state index in [-0.39, 0.29) is 5.97 Å². The van der Waals surface area contributed by atoms with Crippen molar-refractivity contribution in [3.63, 3.8) is 0 Å². The normalized spacial score (nSPS) is 10.7. The maximum absolute atomic E-state index is 11.7. The average molecular weight is 379 g/mol. The van der Waals surface area contributed by atoms with E-state index in [4.69, 9.17) is 21.2 Å². The van der Waals surface area contributed by atoms with Gasteiger partial charge in [-0.05, 0) is 24.6 Å². The molecule has 0 aromatic heterocycles. The van der Waals surface area contributed by atoms with Crippen molar-refractivity contribution in [2.75, 3.05) is 11.5 Å². The summed E-state index contributed by atoms with van der Waals surface area (Å²) in [7, 11) is 0. The molecule has 0 radical (unpaired) electrons. The quantitative estimate of drug-likeness (QED) is 0.155. The highest BCUT2D eigenvalue weighted by Crippen LogP contribution is 2.23. The summed E-state index contributed by atoms with van der Waals surface area (Å²) in [5.41, 5.74) is 12.2. The summed E-state index contributed by atoms with van der Waals surface area (Å²) in [4.78, 5) is 21.5. The predicted molar refractivity (Wildman–Crippen MR) is 112 cm³/mol. The number of carbonyl (C=O) groups excluding carboxylic acids is 1. The van der Waals surface area contributed by atoms with Gasteiger partial charge in [0, 0.05) is 5.69 Å². The van der Waals surface area contributed by atoms with Crippen LogP contribution in [0, 0.1) is 0 Å². The van der Waals surface area contributed by atoms with Gasteiger partial charge in [0.05, 0.1) is 12.1 Å². The SMILES string of the molecule is CCCCCCCCCCCCCCCC(=O)OOc1ccc(N)cc1N. The van der Waals surface area contributed by atoms with E-state index in [0.29, 0.717) is 23.5 Å². The van der Waals surface area contributed by atoms with Crippen molar-refractivity contribution in [3.05, 3.63) is 18.2 Å². The summed E-state index contributed by atoms with van der Waals surface area (Å²) in [5.74, 6) is -0.0581. The molecule has 1 rings (SSSR count). The molecule has 4 N–H and O–H groups in total. The number of nitrogen functional groups attached to an aromatic ring is 2. The topological polar surface area (TPSA) is 87.6 Å². The van der Waals surface area contributed by atoms with Gasteiger partial charge in [0.15, 0.2) is 0 Å².